The minimum atomic E-state index is -4.54. The van der Waals surface area contributed by atoms with Crippen molar-refractivity contribution in [2.45, 2.75) is 31.8 Å². The monoisotopic (exact) mass is 356 g/mol. The first-order chi connectivity index (χ1) is 9.36. The van der Waals surface area contributed by atoms with E-state index >= 15 is 0 Å². The van der Waals surface area contributed by atoms with Crippen LogP contribution in [-0.4, -0.2) is 23.6 Å². The maximum Gasteiger partial charge on any atom is 0.461 e. The molecule has 0 spiro atoms. The van der Waals surface area contributed by atoms with Crippen LogP contribution in [0.3, 0.4) is 0 Å². The van der Waals surface area contributed by atoms with Gasteiger partial charge in [0, 0.05) is 17.3 Å². The smallest absolute Gasteiger partial charge is 0.428 e. The fraction of sp³-hybridized carbons (Fsp3) is 0.462. The zero-order chi connectivity index (χ0) is 15.2. The summed E-state index contributed by atoms with van der Waals surface area (Å²) >= 11 is 3.24. The Balaban J connectivity index is 2.62. The predicted octanol–water partition coefficient (Wildman–Crippen LogP) is 4.67. The number of hydrogen-bond acceptors (Lipinski definition) is 2. The Morgan fingerprint density at radius 3 is 2.30 bits per heavy atom. The number of rotatable bonds is 8. The first-order valence-corrected chi connectivity index (χ1v) is 7.03. The minimum Gasteiger partial charge on any atom is -0.428 e. The van der Waals surface area contributed by atoms with Crippen LogP contribution < -0.4 is 4.74 Å². The molecule has 0 fully saturated rings. The SMILES string of the molecule is O=C(CCCCBr)c1ccc(OC(F)(F)C(F)F)cc1. The van der Waals surface area contributed by atoms with Crippen molar-refractivity contribution < 1.29 is 27.1 Å². The molecule has 0 radical (unpaired) electrons. The quantitative estimate of drug-likeness (QED) is 0.293. The van der Waals surface area contributed by atoms with E-state index in [4.69, 9.17) is 0 Å². The third-order valence-corrected chi connectivity index (χ3v) is 3.03. The van der Waals surface area contributed by atoms with Gasteiger partial charge in [0.05, 0.1) is 0 Å². The summed E-state index contributed by atoms with van der Waals surface area (Å²) in [7, 11) is 0. The van der Waals surface area contributed by atoms with E-state index in [1.165, 1.54) is 12.1 Å². The summed E-state index contributed by atoms with van der Waals surface area (Å²) in [6.45, 7) is 0. The van der Waals surface area contributed by atoms with Gasteiger partial charge in [-0.15, -0.1) is 0 Å². The van der Waals surface area contributed by atoms with Crippen molar-refractivity contribution in [1.82, 2.24) is 0 Å². The second kappa shape index (κ2) is 7.61. The van der Waals surface area contributed by atoms with Crippen molar-refractivity contribution in [3.63, 3.8) is 0 Å². The summed E-state index contributed by atoms with van der Waals surface area (Å²) in [6.07, 6.45) is -6.53. The highest BCUT2D eigenvalue weighted by Crippen LogP contribution is 2.27. The highest BCUT2D eigenvalue weighted by molar-refractivity contribution is 9.09. The van der Waals surface area contributed by atoms with Crippen LogP contribution in [0.15, 0.2) is 24.3 Å². The zero-order valence-electron chi connectivity index (χ0n) is 10.4. The van der Waals surface area contributed by atoms with E-state index in [1.54, 1.807) is 0 Å². The van der Waals surface area contributed by atoms with Gasteiger partial charge in [-0.2, -0.15) is 17.6 Å². The summed E-state index contributed by atoms with van der Waals surface area (Å²) in [4.78, 5) is 11.7. The molecule has 1 aromatic rings. The molecule has 0 saturated heterocycles. The first kappa shape index (κ1) is 16.9. The summed E-state index contributed by atoms with van der Waals surface area (Å²) in [5.74, 6) is -0.537. The molecule has 0 aliphatic rings. The number of halogens is 5. The third kappa shape index (κ3) is 5.11. The molecule has 20 heavy (non-hydrogen) atoms. The molecule has 0 aliphatic heterocycles. The number of alkyl halides is 5. The highest BCUT2D eigenvalue weighted by Gasteiger charge is 2.43. The van der Waals surface area contributed by atoms with Crippen LogP contribution in [0.5, 0.6) is 5.75 Å². The number of unbranched alkanes of at least 4 members (excludes halogenated alkanes) is 1. The molecule has 0 atom stereocenters. The minimum absolute atomic E-state index is 0.127. The van der Waals surface area contributed by atoms with E-state index in [1.807, 2.05) is 0 Å². The molecule has 7 heteroatoms. The molecule has 0 heterocycles. The Morgan fingerprint density at radius 2 is 1.80 bits per heavy atom. The van der Waals surface area contributed by atoms with Crippen LogP contribution in [0, 0.1) is 0 Å². The largest absolute Gasteiger partial charge is 0.461 e. The average Bonchev–Trinajstić information content (AvgIpc) is 2.39. The Labute approximate surface area is 122 Å². The van der Waals surface area contributed by atoms with Gasteiger partial charge in [0.15, 0.2) is 5.78 Å². The van der Waals surface area contributed by atoms with Crippen LogP contribution in [-0.2, 0) is 0 Å². The lowest BCUT2D eigenvalue weighted by Gasteiger charge is -2.16. The molecule has 0 N–H and O–H groups in total. The molecular weight excluding hydrogens is 344 g/mol. The highest BCUT2D eigenvalue weighted by atomic mass is 79.9. The fourth-order valence-corrected chi connectivity index (χ4v) is 1.83. The van der Waals surface area contributed by atoms with Gasteiger partial charge in [-0.3, -0.25) is 4.79 Å². The second-order valence-corrected chi connectivity index (χ2v) is 4.85. The topological polar surface area (TPSA) is 26.3 Å². The van der Waals surface area contributed by atoms with E-state index in [0.717, 1.165) is 23.9 Å². The normalized spacial score (nSPS) is 11.7. The number of Topliss-reactive ketones (excluding diaryl/α,β-unsaturated/α-hetero) is 1. The first-order valence-electron chi connectivity index (χ1n) is 5.91. The Bertz CT molecular complexity index is 435. The van der Waals surface area contributed by atoms with Gasteiger partial charge in [0.2, 0.25) is 0 Å². The molecule has 1 aromatic carbocycles. The van der Waals surface area contributed by atoms with Crippen LogP contribution in [0.25, 0.3) is 0 Å². The number of ketones is 1. The predicted molar refractivity (Wildman–Crippen MR) is 70.0 cm³/mol. The maximum absolute atomic E-state index is 12.7. The van der Waals surface area contributed by atoms with E-state index in [-0.39, 0.29) is 5.78 Å². The summed E-state index contributed by atoms with van der Waals surface area (Å²) < 4.78 is 53.1. The van der Waals surface area contributed by atoms with Gasteiger partial charge in [-0.1, -0.05) is 15.9 Å². The molecule has 112 valence electrons. The Morgan fingerprint density at radius 1 is 1.20 bits per heavy atom. The zero-order valence-corrected chi connectivity index (χ0v) is 12.0. The molecule has 0 amide bonds. The van der Waals surface area contributed by atoms with Gasteiger partial charge in [-0.25, -0.2) is 0 Å². The summed E-state index contributed by atoms with van der Waals surface area (Å²) in [6, 6.07) is 4.72. The van der Waals surface area contributed by atoms with Gasteiger partial charge >= 0.3 is 12.5 Å². The molecule has 0 aromatic heterocycles. The molecule has 0 unspecified atom stereocenters. The van der Waals surface area contributed by atoms with Crippen molar-refractivity contribution in [3.05, 3.63) is 29.8 Å². The van der Waals surface area contributed by atoms with Gasteiger partial charge in [0.25, 0.3) is 0 Å². The molecule has 1 rings (SSSR count). The van der Waals surface area contributed by atoms with Crippen LogP contribution >= 0.6 is 15.9 Å². The lowest BCUT2D eigenvalue weighted by molar-refractivity contribution is -0.253. The van der Waals surface area contributed by atoms with Crippen LogP contribution in [0.2, 0.25) is 0 Å². The lowest BCUT2D eigenvalue weighted by atomic mass is 10.1. The Hall–Kier alpha value is -1.11. The number of benzene rings is 1. The lowest BCUT2D eigenvalue weighted by Crippen LogP contribution is -2.33. The van der Waals surface area contributed by atoms with Gasteiger partial charge in [-0.05, 0) is 37.1 Å². The standard InChI is InChI=1S/C13H13BrF4O2/c14-8-2-1-3-11(19)9-4-6-10(7-5-9)20-13(17,18)12(15)16/h4-7,12H,1-3,8H2. The average molecular weight is 357 g/mol. The maximum atomic E-state index is 12.7. The Kier molecular flexibility index (Phi) is 6.45. The van der Waals surface area contributed by atoms with E-state index < -0.39 is 18.3 Å². The summed E-state index contributed by atoms with van der Waals surface area (Å²) in [5.41, 5.74) is 0.340. The molecule has 0 bridgehead atoms. The fourth-order valence-electron chi connectivity index (χ4n) is 1.43. The molecule has 0 saturated carbocycles. The van der Waals surface area contributed by atoms with Crippen molar-refractivity contribution in [2.24, 2.45) is 0 Å². The summed E-state index contributed by atoms with van der Waals surface area (Å²) in [5, 5.41) is 0.801. The molecular formula is C13H13BrF4O2. The van der Waals surface area contributed by atoms with E-state index in [9.17, 15) is 22.4 Å². The van der Waals surface area contributed by atoms with Crippen LogP contribution in [0.1, 0.15) is 29.6 Å². The van der Waals surface area contributed by atoms with Gasteiger partial charge in [0.1, 0.15) is 5.75 Å². The van der Waals surface area contributed by atoms with Crippen molar-refractivity contribution in [2.75, 3.05) is 5.33 Å². The number of carbonyl (C=O) groups is 1. The number of ether oxygens (including phenoxy) is 1. The molecule has 0 aliphatic carbocycles. The number of hydrogen-bond donors (Lipinski definition) is 0. The third-order valence-electron chi connectivity index (χ3n) is 2.47. The van der Waals surface area contributed by atoms with E-state index in [2.05, 4.69) is 20.7 Å². The number of carbonyl (C=O) groups excluding carboxylic acids is 1. The van der Waals surface area contributed by atoms with Crippen molar-refractivity contribution >= 4 is 21.7 Å². The van der Waals surface area contributed by atoms with Crippen molar-refractivity contribution in [3.8, 4) is 5.75 Å². The molecule has 2 nitrogen and oxygen atoms in total. The van der Waals surface area contributed by atoms with Gasteiger partial charge < -0.3 is 4.74 Å². The van der Waals surface area contributed by atoms with E-state index in [0.29, 0.717) is 18.4 Å². The van der Waals surface area contributed by atoms with Crippen molar-refractivity contribution in [1.29, 1.82) is 0 Å². The van der Waals surface area contributed by atoms with Crippen LogP contribution in [0.4, 0.5) is 17.6 Å². The second-order valence-electron chi connectivity index (χ2n) is 4.06.